The second kappa shape index (κ2) is 13.7. The summed E-state index contributed by atoms with van der Waals surface area (Å²) in [5, 5.41) is 10.1. The zero-order valence-corrected chi connectivity index (χ0v) is 20.5. The van der Waals surface area contributed by atoms with Gasteiger partial charge in [0.05, 0.1) is 10.7 Å². The van der Waals surface area contributed by atoms with Crippen LogP contribution in [-0.4, -0.2) is 79.6 Å². The Kier molecular flexibility index (Phi) is 12.5. The average Bonchev–Trinajstić information content (AvgIpc) is 3.05. The van der Waals surface area contributed by atoms with Crippen molar-refractivity contribution in [1.82, 2.24) is 25.4 Å². The number of nitrogens with one attached hydrogen (secondary N) is 2. The van der Waals surface area contributed by atoms with Gasteiger partial charge in [0.15, 0.2) is 5.96 Å². The summed E-state index contributed by atoms with van der Waals surface area (Å²) in [5.41, 5.74) is 1.16. The van der Waals surface area contributed by atoms with Gasteiger partial charge < -0.3 is 20.4 Å². The molecule has 1 aromatic heterocycles. The van der Waals surface area contributed by atoms with Gasteiger partial charge in [-0.05, 0) is 26.3 Å². The number of hydrogen-bond acceptors (Lipinski definition) is 5. The monoisotopic (exact) mass is 508 g/mol. The number of aliphatic imine (C=N–C) groups is 1. The summed E-state index contributed by atoms with van der Waals surface area (Å²) in [6.07, 6.45) is 0.937. The van der Waals surface area contributed by atoms with Crippen LogP contribution in [-0.2, 0) is 6.42 Å². The Labute approximate surface area is 186 Å². The minimum absolute atomic E-state index is 0. The SMILES string of the molecule is CCNC(=NCC(C)CN1CCN(CC)CC1)NCCc1csc(C)n1.I. The number of rotatable bonds is 9. The van der Waals surface area contributed by atoms with Gasteiger partial charge in [-0.1, -0.05) is 13.8 Å². The van der Waals surface area contributed by atoms with Gasteiger partial charge in [0.2, 0.25) is 0 Å². The van der Waals surface area contributed by atoms with Crippen LogP contribution in [0.15, 0.2) is 10.4 Å². The van der Waals surface area contributed by atoms with Crippen LogP contribution in [0.1, 0.15) is 31.5 Å². The molecule has 1 unspecified atom stereocenters. The van der Waals surface area contributed by atoms with Gasteiger partial charge in [-0.2, -0.15) is 0 Å². The molecular formula is C19H37IN6S. The molecule has 1 aliphatic heterocycles. The zero-order chi connectivity index (χ0) is 18.8. The van der Waals surface area contributed by atoms with Gasteiger partial charge in [0, 0.05) is 64.2 Å². The summed E-state index contributed by atoms with van der Waals surface area (Å²) in [6.45, 7) is 18.4. The molecule has 0 aromatic carbocycles. The number of aryl methyl sites for hydroxylation is 1. The standard InChI is InChI=1S/C19H36N6S.HI/c1-5-20-19(21-8-7-18-15-26-17(4)23-18)22-13-16(3)14-25-11-9-24(6-2)10-12-25;/h15-16H,5-14H2,1-4H3,(H2,20,21,22);1H. The van der Waals surface area contributed by atoms with Crippen LogP contribution in [0, 0.1) is 12.8 Å². The Morgan fingerprint density at radius 1 is 1.22 bits per heavy atom. The smallest absolute Gasteiger partial charge is 0.191 e. The fraction of sp³-hybridized carbons (Fsp3) is 0.789. The van der Waals surface area contributed by atoms with E-state index in [1.807, 2.05) is 0 Å². The fourth-order valence-corrected chi connectivity index (χ4v) is 3.85. The minimum atomic E-state index is 0. The number of guanidine groups is 1. The van der Waals surface area contributed by atoms with Gasteiger partial charge in [0.1, 0.15) is 0 Å². The van der Waals surface area contributed by atoms with E-state index in [0.29, 0.717) is 5.92 Å². The predicted octanol–water partition coefficient (Wildman–Crippen LogP) is 2.44. The van der Waals surface area contributed by atoms with Crippen LogP contribution in [0.2, 0.25) is 0 Å². The van der Waals surface area contributed by atoms with Crippen molar-refractivity contribution in [3.63, 3.8) is 0 Å². The molecule has 6 nitrogen and oxygen atoms in total. The Morgan fingerprint density at radius 2 is 1.93 bits per heavy atom. The molecule has 0 amide bonds. The molecule has 2 heterocycles. The fourth-order valence-electron chi connectivity index (χ4n) is 3.21. The highest BCUT2D eigenvalue weighted by Gasteiger charge is 2.17. The van der Waals surface area contributed by atoms with Gasteiger partial charge in [-0.15, -0.1) is 35.3 Å². The molecule has 0 spiro atoms. The quantitative estimate of drug-likeness (QED) is 0.305. The van der Waals surface area contributed by atoms with Gasteiger partial charge in [0.25, 0.3) is 0 Å². The van der Waals surface area contributed by atoms with Crippen LogP contribution in [0.25, 0.3) is 0 Å². The van der Waals surface area contributed by atoms with Gasteiger partial charge in [-0.3, -0.25) is 4.99 Å². The zero-order valence-electron chi connectivity index (χ0n) is 17.3. The summed E-state index contributed by atoms with van der Waals surface area (Å²) in [5.74, 6) is 1.49. The third-order valence-corrected chi connectivity index (χ3v) is 5.55. The van der Waals surface area contributed by atoms with E-state index < -0.39 is 0 Å². The third kappa shape index (κ3) is 9.54. The summed E-state index contributed by atoms with van der Waals surface area (Å²) in [7, 11) is 0. The molecule has 0 saturated carbocycles. The first-order chi connectivity index (χ1) is 12.6. The molecule has 2 N–H and O–H groups in total. The molecule has 1 fully saturated rings. The van der Waals surface area contributed by atoms with E-state index in [0.717, 1.165) is 49.3 Å². The van der Waals surface area contributed by atoms with Crippen LogP contribution in [0.4, 0.5) is 0 Å². The lowest BCUT2D eigenvalue weighted by molar-refractivity contribution is 0.125. The van der Waals surface area contributed by atoms with E-state index >= 15 is 0 Å². The van der Waals surface area contributed by atoms with Crippen molar-refractivity contribution in [2.24, 2.45) is 10.9 Å². The molecular weight excluding hydrogens is 471 g/mol. The molecule has 0 bridgehead atoms. The van der Waals surface area contributed by atoms with Crippen LogP contribution >= 0.6 is 35.3 Å². The van der Waals surface area contributed by atoms with Crippen molar-refractivity contribution < 1.29 is 0 Å². The van der Waals surface area contributed by atoms with Crippen molar-refractivity contribution in [3.05, 3.63) is 16.1 Å². The third-order valence-electron chi connectivity index (χ3n) is 4.73. The Hall–Kier alpha value is -0.450. The molecule has 27 heavy (non-hydrogen) atoms. The van der Waals surface area contributed by atoms with Crippen LogP contribution < -0.4 is 10.6 Å². The maximum absolute atomic E-state index is 4.79. The van der Waals surface area contributed by atoms with Crippen LogP contribution in [0.5, 0.6) is 0 Å². The maximum atomic E-state index is 4.79. The number of thiazole rings is 1. The van der Waals surface area contributed by atoms with Crippen molar-refractivity contribution in [2.45, 2.75) is 34.1 Å². The lowest BCUT2D eigenvalue weighted by atomic mass is 10.1. The number of halogens is 1. The lowest BCUT2D eigenvalue weighted by Gasteiger charge is -2.35. The van der Waals surface area contributed by atoms with E-state index in [1.54, 1.807) is 11.3 Å². The summed E-state index contributed by atoms with van der Waals surface area (Å²) in [4.78, 5) is 14.4. The Morgan fingerprint density at radius 3 is 2.52 bits per heavy atom. The summed E-state index contributed by atoms with van der Waals surface area (Å²) >= 11 is 1.71. The molecule has 1 aromatic rings. The topological polar surface area (TPSA) is 55.8 Å². The van der Waals surface area contributed by atoms with E-state index in [2.05, 4.69) is 58.5 Å². The highest BCUT2D eigenvalue weighted by molar-refractivity contribution is 14.0. The molecule has 1 atom stereocenters. The first-order valence-corrected chi connectivity index (χ1v) is 10.9. The second-order valence-electron chi connectivity index (χ2n) is 7.09. The highest BCUT2D eigenvalue weighted by Crippen LogP contribution is 2.08. The van der Waals surface area contributed by atoms with E-state index in [1.165, 1.54) is 32.7 Å². The molecule has 0 radical (unpaired) electrons. The Balaban J connectivity index is 0.00000364. The van der Waals surface area contributed by atoms with Gasteiger partial charge >= 0.3 is 0 Å². The van der Waals surface area contributed by atoms with E-state index in [4.69, 9.17) is 4.99 Å². The van der Waals surface area contributed by atoms with Crippen LogP contribution in [0.3, 0.4) is 0 Å². The normalized spacial score (nSPS) is 17.4. The lowest BCUT2D eigenvalue weighted by Crippen LogP contribution is -2.47. The second-order valence-corrected chi connectivity index (χ2v) is 8.16. The summed E-state index contributed by atoms with van der Waals surface area (Å²) in [6, 6.07) is 0. The average molecular weight is 509 g/mol. The first kappa shape index (κ1) is 24.6. The van der Waals surface area contributed by atoms with Crippen molar-refractivity contribution >= 4 is 41.3 Å². The predicted molar refractivity (Wildman–Crippen MR) is 128 cm³/mol. The van der Waals surface area contributed by atoms with E-state index in [9.17, 15) is 0 Å². The first-order valence-electron chi connectivity index (χ1n) is 9.98. The van der Waals surface area contributed by atoms with Crippen molar-refractivity contribution in [1.29, 1.82) is 0 Å². The number of piperazine rings is 1. The Bertz CT molecular complexity index is 542. The minimum Gasteiger partial charge on any atom is -0.357 e. The number of hydrogen-bond donors (Lipinski definition) is 2. The van der Waals surface area contributed by atoms with Crippen molar-refractivity contribution in [3.8, 4) is 0 Å². The maximum Gasteiger partial charge on any atom is 0.191 e. The largest absolute Gasteiger partial charge is 0.357 e. The molecule has 1 saturated heterocycles. The van der Waals surface area contributed by atoms with Crippen molar-refractivity contribution in [2.75, 3.05) is 58.9 Å². The molecule has 8 heteroatoms. The highest BCUT2D eigenvalue weighted by atomic mass is 127. The molecule has 1 aliphatic rings. The number of aromatic nitrogens is 1. The number of likely N-dealkylation sites (N-methyl/N-ethyl adjacent to an activating group) is 1. The molecule has 2 rings (SSSR count). The molecule has 0 aliphatic carbocycles. The van der Waals surface area contributed by atoms with Gasteiger partial charge in [-0.25, -0.2) is 4.98 Å². The number of nitrogens with zero attached hydrogens (tertiary/aromatic N) is 4. The summed E-state index contributed by atoms with van der Waals surface area (Å²) < 4.78 is 0. The van der Waals surface area contributed by atoms with E-state index in [-0.39, 0.29) is 24.0 Å². The molecule has 156 valence electrons.